The zero-order valence-corrected chi connectivity index (χ0v) is 30.8. The molecule has 3 N–H and O–H groups in total. The van der Waals surface area contributed by atoms with Gasteiger partial charge in [0.05, 0.1) is 12.1 Å². The highest BCUT2D eigenvalue weighted by atomic mass is 31.2. The molecule has 4 aromatic carbocycles. The summed E-state index contributed by atoms with van der Waals surface area (Å²) in [6.07, 6.45) is 4.06. The molecule has 0 radical (unpaired) electrons. The number of aliphatic hydroxyl groups excluding tert-OH is 1. The Morgan fingerprint density at radius 2 is 1.05 bits per heavy atom. The van der Waals surface area contributed by atoms with Gasteiger partial charge in [-0.2, -0.15) is 0 Å². The molecule has 0 aromatic heterocycles. The summed E-state index contributed by atoms with van der Waals surface area (Å²) in [6, 6.07) is 23.8. The first-order valence-electron chi connectivity index (χ1n) is 18.2. The molecule has 2 saturated carbocycles. The lowest BCUT2D eigenvalue weighted by molar-refractivity contribution is -0.142. The van der Waals surface area contributed by atoms with E-state index in [0.29, 0.717) is 24.0 Å². The molecule has 0 bridgehead atoms. The summed E-state index contributed by atoms with van der Waals surface area (Å²) in [5.41, 5.74) is 2.78. The van der Waals surface area contributed by atoms with E-state index in [9.17, 15) is 46.6 Å². The molecule has 4 aromatic rings. The number of benzene rings is 4. The predicted octanol–water partition coefficient (Wildman–Crippen LogP) is 8.79. The SMILES string of the molecule is C.C.O=C([C@@H](O)C1CC1)N1CC(c2cc(F)ccc2F)=C[C@H]1c1ccccc1.O=C([C@@H](OP(=O)(O)O)C1CC1)N1CC(c2cc(F)ccc2F)=C[C@H]1c1ccccc1. The van der Waals surface area contributed by atoms with E-state index in [0.717, 1.165) is 60.4 Å². The number of rotatable bonds is 10. The predicted molar refractivity (Wildman–Crippen MR) is 212 cm³/mol. The summed E-state index contributed by atoms with van der Waals surface area (Å²) in [5.74, 6) is -3.49. The van der Waals surface area contributed by atoms with Crippen LogP contribution in [0.4, 0.5) is 17.6 Å². The molecule has 0 unspecified atom stereocenters. The zero-order valence-electron chi connectivity index (χ0n) is 29.9. The Labute approximate surface area is 335 Å². The number of halogens is 4. The maximum absolute atomic E-state index is 14.4. The van der Waals surface area contributed by atoms with Gasteiger partial charge in [0.25, 0.3) is 11.8 Å². The Kier molecular flexibility index (Phi) is 14.0. The molecule has 2 aliphatic heterocycles. The number of carbonyl (C=O) groups excluding carboxylic acids is 2. The van der Waals surface area contributed by atoms with E-state index in [-0.39, 0.29) is 56.8 Å². The van der Waals surface area contributed by atoms with Crippen molar-refractivity contribution >= 4 is 30.8 Å². The minimum atomic E-state index is -4.88. The molecule has 2 fully saturated rings. The second kappa shape index (κ2) is 18.3. The van der Waals surface area contributed by atoms with Crippen molar-refractivity contribution in [3.8, 4) is 0 Å². The maximum Gasteiger partial charge on any atom is 0.470 e. The van der Waals surface area contributed by atoms with E-state index in [1.54, 1.807) is 41.3 Å². The molecular weight excluding hydrogens is 775 g/mol. The van der Waals surface area contributed by atoms with Gasteiger partial charge in [-0.15, -0.1) is 0 Å². The van der Waals surface area contributed by atoms with Crippen LogP contribution in [0.15, 0.2) is 109 Å². The highest BCUT2D eigenvalue weighted by Crippen LogP contribution is 2.47. The van der Waals surface area contributed by atoms with Gasteiger partial charge in [-0.25, -0.2) is 22.1 Å². The first kappa shape index (κ1) is 44.2. The Morgan fingerprint density at radius 3 is 1.45 bits per heavy atom. The van der Waals surface area contributed by atoms with Crippen LogP contribution in [0, 0.1) is 35.1 Å². The van der Waals surface area contributed by atoms with Crippen LogP contribution in [0.2, 0.25) is 0 Å². The van der Waals surface area contributed by atoms with Crippen molar-refractivity contribution in [2.24, 2.45) is 11.8 Å². The van der Waals surface area contributed by atoms with E-state index in [1.165, 1.54) is 4.90 Å². The number of nitrogens with zero attached hydrogens (tertiary/aromatic N) is 2. The Hall–Kier alpha value is -4.91. The molecule has 58 heavy (non-hydrogen) atoms. The van der Waals surface area contributed by atoms with Gasteiger partial charge in [-0.3, -0.25) is 14.1 Å². The van der Waals surface area contributed by atoms with Gasteiger partial charge in [-0.05, 0) is 96.2 Å². The van der Waals surface area contributed by atoms with Crippen LogP contribution in [0.25, 0.3) is 11.1 Å². The fourth-order valence-electron chi connectivity index (χ4n) is 7.18. The topological polar surface area (TPSA) is 128 Å². The molecule has 4 atom stereocenters. The monoisotopic (exact) mass is 822 g/mol. The Morgan fingerprint density at radius 1 is 0.638 bits per heavy atom. The lowest BCUT2D eigenvalue weighted by Gasteiger charge is -2.29. The number of aliphatic hydroxyl groups is 1. The number of amides is 2. The highest BCUT2D eigenvalue weighted by Gasteiger charge is 2.46. The molecule has 9 nitrogen and oxygen atoms in total. The molecule has 8 rings (SSSR count). The van der Waals surface area contributed by atoms with Crippen molar-refractivity contribution in [2.45, 2.75) is 64.8 Å². The van der Waals surface area contributed by atoms with E-state index >= 15 is 0 Å². The van der Waals surface area contributed by atoms with Crippen molar-refractivity contribution in [3.63, 3.8) is 0 Å². The third-order valence-electron chi connectivity index (χ3n) is 10.3. The van der Waals surface area contributed by atoms with Crippen molar-refractivity contribution < 1.29 is 51.1 Å². The number of carbonyl (C=O) groups is 2. The fourth-order valence-corrected chi connectivity index (χ4v) is 7.73. The van der Waals surface area contributed by atoms with Gasteiger partial charge in [0, 0.05) is 24.2 Å². The number of hydrogen-bond donors (Lipinski definition) is 3. The van der Waals surface area contributed by atoms with Crippen LogP contribution in [0.3, 0.4) is 0 Å². The Bertz CT molecular complexity index is 2210. The molecule has 0 spiro atoms. The van der Waals surface area contributed by atoms with Gasteiger partial charge in [-0.1, -0.05) is 87.7 Å². The first-order chi connectivity index (χ1) is 26.8. The second-order valence-electron chi connectivity index (χ2n) is 14.4. The maximum atomic E-state index is 14.4. The van der Waals surface area contributed by atoms with Crippen LogP contribution in [0.1, 0.15) is 74.9 Å². The lowest BCUT2D eigenvalue weighted by atomic mass is 10.0. The molecule has 2 amide bonds. The van der Waals surface area contributed by atoms with Crippen LogP contribution in [0.5, 0.6) is 0 Å². The number of phosphoric ester groups is 1. The van der Waals surface area contributed by atoms with Crippen LogP contribution < -0.4 is 0 Å². The van der Waals surface area contributed by atoms with Crippen molar-refractivity contribution in [3.05, 3.63) is 155 Å². The summed E-state index contributed by atoms with van der Waals surface area (Å²) < 4.78 is 72.1. The van der Waals surface area contributed by atoms with E-state index < -0.39 is 61.3 Å². The van der Waals surface area contributed by atoms with Crippen molar-refractivity contribution in [1.29, 1.82) is 0 Å². The van der Waals surface area contributed by atoms with Crippen LogP contribution in [-0.2, 0) is 18.7 Å². The van der Waals surface area contributed by atoms with Crippen molar-refractivity contribution in [1.82, 2.24) is 9.80 Å². The summed E-state index contributed by atoms with van der Waals surface area (Å²) >= 11 is 0. The van der Waals surface area contributed by atoms with Gasteiger partial charge in [0.1, 0.15) is 29.4 Å². The average molecular weight is 823 g/mol. The molecule has 4 aliphatic rings. The normalized spacial score (nSPS) is 19.8. The van der Waals surface area contributed by atoms with Gasteiger partial charge < -0.3 is 24.7 Å². The molecule has 14 heteroatoms. The molecule has 2 heterocycles. The smallest absolute Gasteiger partial charge is 0.383 e. The summed E-state index contributed by atoms with van der Waals surface area (Å²) in [4.78, 5) is 47.5. The number of hydrogen-bond acceptors (Lipinski definition) is 5. The highest BCUT2D eigenvalue weighted by molar-refractivity contribution is 7.46. The van der Waals surface area contributed by atoms with E-state index in [4.69, 9.17) is 4.52 Å². The average Bonchev–Trinajstić information content (AvgIpc) is 4.13. The fraction of sp³-hybridized carbons (Fsp3) is 0.318. The Balaban J connectivity index is 0.000000215. The van der Waals surface area contributed by atoms with E-state index in [1.807, 2.05) is 36.4 Å². The lowest BCUT2D eigenvalue weighted by Crippen LogP contribution is -2.41. The molecule has 308 valence electrons. The molecular formula is C44H47F4N2O7P. The standard InChI is InChI=1S/C21H20F2NO5P.C21H19F2NO2.2CH4/c22-16-8-9-18(23)17(11-16)15-10-19(13-4-2-1-3-5-13)24(12-15)21(25)20(14-6-7-14)29-30(26,27)28;22-16-8-9-18(23)17(11-16)15-10-19(13-4-2-1-3-5-13)24(12-15)21(26)20(25)14-6-7-14;;/h1-5,8-11,14,19-20H,6-7,12H2,(H2,26,27,28);1-5,8-11,14,19-20,25H,6-7,12H2;2*1H4/t2*19-,20-;;/m00../s1. The summed E-state index contributed by atoms with van der Waals surface area (Å²) in [6.45, 7) is 0.106. The summed E-state index contributed by atoms with van der Waals surface area (Å²) in [7, 11) is -4.88. The first-order valence-corrected chi connectivity index (χ1v) is 19.8. The van der Waals surface area contributed by atoms with Crippen molar-refractivity contribution in [2.75, 3.05) is 13.1 Å². The van der Waals surface area contributed by atoms with Crippen LogP contribution in [-0.4, -0.2) is 61.8 Å². The largest absolute Gasteiger partial charge is 0.470 e. The quantitative estimate of drug-likeness (QED) is 0.108. The van der Waals surface area contributed by atoms with Gasteiger partial charge >= 0.3 is 7.82 Å². The van der Waals surface area contributed by atoms with Gasteiger partial charge in [0.15, 0.2) is 6.10 Å². The second-order valence-corrected chi connectivity index (χ2v) is 15.6. The third-order valence-corrected chi connectivity index (χ3v) is 10.8. The molecule has 2 aliphatic carbocycles. The third kappa shape index (κ3) is 10.2. The zero-order chi connectivity index (χ0) is 39.7. The van der Waals surface area contributed by atoms with E-state index in [2.05, 4.69) is 0 Å². The van der Waals surface area contributed by atoms with Crippen LogP contribution >= 0.6 is 7.82 Å². The number of phosphoric acid groups is 1. The minimum Gasteiger partial charge on any atom is -0.383 e. The van der Waals surface area contributed by atoms with Gasteiger partial charge in [0.2, 0.25) is 0 Å². The minimum absolute atomic E-state index is 0. The molecule has 0 saturated heterocycles. The summed E-state index contributed by atoms with van der Waals surface area (Å²) in [5, 5.41) is 10.3.